The van der Waals surface area contributed by atoms with Crippen molar-refractivity contribution in [2.75, 3.05) is 13.6 Å². The minimum absolute atomic E-state index is 0.0346. The third-order valence-electron chi connectivity index (χ3n) is 3.80. The molecule has 0 saturated carbocycles. The van der Waals surface area contributed by atoms with Crippen molar-refractivity contribution in [3.63, 3.8) is 0 Å². The number of rotatable bonds is 3. The van der Waals surface area contributed by atoms with Crippen LogP contribution in [0.3, 0.4) is 0 Å². The highest BCUT2D eigenvalue weighted by molar-refractivity contribution is 5.90. The molecule has 24 heavy (non-hydrogen) atoms. The minimum atomic E-state index is -4.53. The normalized spacial score (nSPS) is 20.0. The summed E-state index contributed by atoms with van der Waals surface area (Å²) in [6.45, 7) is -1.42. The Balaban J connectivity index is 1.87. The topological polar surface area (TPSA) is 51.0 Å². The van der Waals surface area contributed by atoms with Gasteiger partial charge in [0.05, 0.1) is 6.04 Å². The minimum Gasteiger partial charge on any atom is -0.330 e. The maximum atomic E-state index is 14.2. The first-order valence-electron chi connectivity index (χ1n) is 7.24. The quantitative estimate of drug-likeness (QED) is 0.806. The molecule has 2 unspecified atom stereocenters. The molecule has 1 aromatic heterocycles. The molecular formula is C15H14F4N4O. The van der Waals surface area contributed by atoms with Gasteiger partial charge in [-0.3, -0.25) is 4.79 Å². The predicted octanol–water partition coefficient (Wildman–Crippen LogP) is 2.92. The molecule has 0 saturated heterocycles. The Kier molecular flexibility index (Phi) is 4.02. The van der Waals surface area contributed by atoms with Crippen LogP contribution in [0.2, 0.25) is 0 Å². The monoisotopic (exact) mass is 342 g/mol. The van der Waals surface area contributed by atoms with Crippen LogP contribution in [0.15, 0.2) is 30.3 Å². The largest absolute Gasteiger partial charge is 0.406 e. The highest BCUT2D eigenvalue weighted by Gasteiger charge is 2.38. The van der Waals surface area contributed by atoms with Gasteiger partial charge in [-0.15, -0.1) is 5.10 Å². The number of hydrogen-bond acceptors (Lipinski definition) is 3. The third kappa shape index (κ3) is 3.10. The van der Waals surface area contributed by atoms with Crippen molar-refractivity contribution in [3.05, 3.63) is 47.5 Å². The number of amides is 1. The molecule has 2 aromatic rings. The molecule has 2 atom stereocenters. The van der Waals surface area contributed by atoms with Crippen LogP contribution in [0.4, 0.5) is 17.6 Å². The number of aromatic nitrogens is 3. The van der Waals surface area contributed by atoms with Crippen molar-refractivity contribution < 1.29 is 22.4 Å². The molecule has 1 aromatic carbocycles. The summed E-state index contributed by atoms with van der Waals surface area (Å²) in [5.74, 6) is -1.46. The van der Waals surface area contributed by atoms with Gasteiger partial charge in [0.1, 0.15) is 6.54 Å². The van der Waals surface area contributed by atoms with E-state index in [0.29, 0.717) is 4.90 Å². The molecule has 3 rings (SSSR count). The van der Waals surface area contributed by atoms with E-state index in [1.807, 2.05) is 6.07 Å². The van der Waals surface area contributed by atoms with E-state index in [4.69, 9.17) is 0 Å². The number of benzene rings is 1. The number of carbonyl (C=O) groups excluding carboxylic acids is 1. The zero-order chi connectivity index (χ0) is 17.5. The lowest BCUT2D eigenvalue weighted by Crippen LogP contribution is -2.36. The molecule has 0 fully saturated rings. The van der Waals surface area contributed by atoms with E-state index in [2.05, 4.69) is 10.1 Å². The Morgan fingerprint density at radius 2 is 2.00 bits per heavy atom. The summed E-state index contributed by atoms with van der Waals surface area (Å²) in [6.07, 6.45) is -5.81. The van der Waals surface area contributed by atoms with Crippen molar-refractivity contribution >= 4 is 5.91 Å². The van der Waals surface area contributed by atoms with Crippen molar-refractivity contribution in [3.8, 4) is 0 Å². The van der Waals surface area contributed by atoms with E-state index in [1.165, 1.54) is 4.68 Å². The number of alkyl halides is 4. The Morgan fingerprint density at radius 1 is 1.33 bits per heavy atom. The maximum Gasteiger partial charge on any atom is 0.406 e. The number of halogens is 4. The average Bonchev–Trinajstić information content (AvgIpc) is 3.07. The summed E-state index contributed by atoms with van der Waals surface area (Å²) in [6, 6.07) is 8.56. The molecule has 0 bridgehead atoms. The Morgan fingerprint density at radius 3 is 2.62 bits per heavy atom. The zero-order valence-electron chi connectivity index (χ0n) is 12.7. The van der Waals surface area contributed by atoms with Gasteiger partial charge in [0, 0.05) is 13.5 Å². The van der Waals surface area contributed by atoms with Crippen molar-refractivity contribution in [1.29, 1.82) is 0 Å². The van der Waals surface area contributed by atoms with Gasteiger partial charge in [-0.25, -0.2) is 14.1 Å². The molecule has 9 heteroatoms. The SMILES string of the molecule is CN(CC(F)(F)F)C(=O)c1nc2n(n1)C(c1ccccc1)CC2F. The van der Waals surface area contributed by atoms with Crippen molar-refractivity contribution in [2.24, 2.45) is 0 Å². The molecule has 0 aliphatic carbocycles. The van der Waals surface area contributed by atoms with Gasteiger partial charge in [0.2, 0.25) is 5.82 Å². The van der Waals surface area contributed by atoms with Gasteiger partial charge >= 0.3 is 6.18 Å². The van der Waals surface area contributed by atoms with E-state index >= 15 is 0 Å². The first-order valence-corrected chi connectivity index (χ1v) is 7.24. The van der Waals surface area contributed by atoms with E-state index in [-0.39, 0.29) is 12.2 Å². The van der Waals surface area contributed by atoms with Crippen LogP contribution in [0.25, 0.3) is 0 Å². The molecule has 0 spiro atoms. The van der Waals surface area contributed by atoms with Gasteiger partial charge in [0.15, 0.2) is 12.0 Å². The second-order valence-corrected chi connectivity index (χ2v) is 5.64. The van der Waals surface area contributed by atoms with Crippen LogP contribution in [0, 0.1) is 0 Å². The van der Waals surface area contributed by atoms with E-state index in [0.717, 1.165) is 12.6 Å². The molecule has 2 heterocycles. The van der Waals surface area contributed by atoms with Crippen LogP contribution >= 0.6 is 0 Å². The van der Waals surface area contributed by atoms with Crippen molar-refractivity contribution in [1.82, 2.24) is 19.7 Å². The zero-order valence-corrected chi connectivity index (χ0v) is 12.7. The van der Waals surface area contributed by atoms with Crippen LogP contribution in [0.1, 0.15) is 40.6 Å². The Labute approximate surface area is 134 Å². The summed E-state index contributed by atoms with van der Waals surface area (Å²) >= 11 is 0. The van der Waals surface area contributed by atoms with Gasteiger partial charge in [-0.1, -0.05) is 30.3 Å². The lowest BCUT2D eigenvalue weighted by molar-refractivity contribution is -0.138. The maximum absolute atomic E-state index is 14.2. The van der Waals surface area contributed by atoms with Gasteiger partial charge in [-0.2, -0.15) is 13.2 Å². The first-order chi connectivity index (χ1) is 11.3. The molecule has 128 valence electrons. The smallest absolute Gasteiger partial charge is 0.330 e. The van der Waals surface area contributed by atoms with Crippen molar-refractivity contribution in [2.45, 2.75) is 24.8 Å². The molecule has 0 N–H and O–H groups in total. The summed E-state index contributed by atoms with van der Waals surface area (Å²) in [5.41, 5.74) is 0.798. The first kappa shape index (κ1) is 16.4. The van der Waals surface area contributed by atoms with Gasteiger partial charge in [-0.05, 0) is 5.56 Å². The second kappa shape index (κ2) is 5.88. The number of hydrogen-bond donors (Lipinski definition) is 0. The number of nitrogens with zero attached hydrogens (tertiary/aromatic N) is 4. The fourth-order valence-electron chi connectivity index (χ4n) is 2.73. The van der Waals surface area contributed by atoms with Gasteiger partial charge in [0.25, 0.3) is 5.91 Å². The van der Waals surface area contributed by atoms with Crippen LogP contribution in [0.5, 0.6) is 0 Å². The fraction of sp³-hybridized carbons (Fsp3) is 0.400. The molecule has 5 nitrogen and oxygen atoms in total. The lowest BCUT2D eigenvalue weighted by Gasteiger charge is -2.17. The predicted molar refractivity (Wildman–Crippen MR) is 76.1 cm³/mol. The highest BCUT2D eigenvalue weighted by atomic mass is 19.4. The number of fused-ring (bicyclic) bond motifs is 1. The van der Waals surface area contributed by atoms with E-state index in [9.17, 15) is 22.4 Å². The van der Waals surface area contributed by atoms with E-state index < -0.39 is 36.7 Å². The molecule has 0 radical (unpaired) electrons. The van der Waals surface area contributed by atoms with Crippen LogP contribution < -0.4 is 0 Å². The summed E-state index contributed by atoms with van der Waals surface area (Å²) in [7, 11) is 1.00. The Hall–Kier alpha value is -2.45. The highest BCUT2D eigenvalue weighted by Crippen LogP contribution is 2.39. The van der Waals surface area contributed by atoms with Gasteiger partial charge < -0.3 is 4.90 Å². The average molecular weight is 342 g/mol. The molecule has 1 aliphatic rings. The molecule has 1 amide bonds. The van der Waals surface area contributed by atoms with Crippen LogP contribution in [-0.2, 0) is 0 Å². The second-order valence-electron chi connectivity index (χ2n) is 5.64. The summed E-state index contributed by atoms with van der Waals surface area (Å²) in [4.78, 5) is 16.3. The molecule has 1 aliphatic heterocycles. The molecular weight excluding hydrogens is 328 g/mol. The lowest BCUT2D eigenvalue weighted by atomic mass is 10.0. The Bertz CT molecular complexity index is 744. The third-order valence-corrected chi connectivity index (χ3v) is 3.80. The summed E-state index contributed by atoms with van der Waals surface area (Å²) < 4.78 is 52.6. The van der Waals surface area contributed by atoms with E-state index in [1.54, 1.807) is 24.3 Å². The summed E-state index contributed by atoms with van der Waals surface area (Å²) in [5, 5.41) is 3.96. The van der Waals surface area contributed by atoms with Crippen LogP contribution in [-0.4, -0.2) is 45.3 Å². The fourth-order valence-corrected chi connectivity index (χ4v) is 2.73. The standard InChI is InChI=1S/C15H14F4N4O/c1-22(8-15(17,18)19)14(24)12-20-13-10(16)7-11(23(13)21-12)9-5-3-2-4-6-9/h2-6,10-11H,7-8H2,1H3. The number of carbonyl (C=O) groups is 1.